The van der Waals surface area contributed by atoms with Crippen molar-refractivity contribution in [3.05, 3.63) is 21.3 Å². The number of nitrogens with one attached hydrogen (secondary N) is 1. The highest BCUT2D eigenvalue weighted by molar-refractivity contribution is 7.16. The number of carbonyl (C=O) groups is 2. The summed E-state index contributed by atoms with van der Waals surface area (Å²) in [6.45, 7) is 5.60. The minimum absolute atomic E-state index is 0.0223. The molecular weight excluding hydrogens is 308 g/mol. The lowest BCUT2D eigenvalue weighted by Crippen LogP contribution is -2.69. The van der Waals surface area contributed by atoms with Crippen LogP contribution in [0.3, 0.4) is 0 Å². The Kier molecular flexibility index (Phi) is 3.53. The molecule has 2 amide bonds. The van der Waals surface area contributed by atoms with E-state index < -0.39 is 11.6 Å². The summed E-state index contributed by atoms with van der Waals surface area (Å²) in [5, 5.41) is 2.94. The van der Waals surface area contributed by atoms with Crippen molar-refractivity contribution in [3.63, 3.8) is 0 Å². The maximum Gasteiger partial charge on any atom is 0.249 e. The quantitative estimate of drug-likeness (QED) is 0.928. The molecule has 1 aliphatic carbocycles. The predicted octanol–water partition coefficient (Wildman–Crippen LogP) is 2.98. The van der Waals surface area contributed by atoms with E-state index in [9.17, 15) is 9.59 Å². The number of halogens is 1. The van der Waals surface area contributed by atoms with Crippen LogP contribution in [-0.2, 0) is 9.59 Å². The van der Waals surface area contributed by atoms with E-state index >= 15 is 0 Å². The molecule has 4 nitrogen and oxygen atoms in total. The van der Waals surface area contributed by atoms with E-state index in [1.54, 1.807) is 11.8 Å². The Morgan fingerprint density at radius 2 is 2.10 bits per heavy atom. The van der Waals surface area contributed by atoms with Gasteiger partial charge in [-0.1, -0.05) is 11.6 Å². The number of nitrogens with zero attached hydrogens (tertiary/aromatic N) is 1. The summed E-state index contributed by atoms with van der Waals surface area (Å²) in [7, 11) is 0. The van der Waals surface area contributed by atoms with Gasteiger partial charge in [0.2, 0.25) is 11.8 Å². The minimum atomic E-state index is -0.751. The van der Waals surface area contributed by atoms with Gasteiger partial charge in [0.15, 0.2) is 0 Å². The van der Waals surface area contributed by atoms with Gasteiger partial charge in [-0.2, -0.15) is 0 Å². The maximum atomic E-state index is 13.0. The molecule has 0 spiro atoms. The predicted molar refractivity (Wildman–Crippen MR) is 83.3 cm³/mol. The van der Waals surface area contributed by atoms with Gasteiger partial charge in [-0.25, -0.2) is 0 Å². The molecule has 6 heteroatoms. The summed E-state index contributed by atoms with van der Waals surface area (Å²) in [6.07, 6.45) is 2.01. The van der Waals surface area contributed by atoms with Crippen LogP contribution in [0, 0.1) is 5.92 Å². The van der Waals surface area contributed by atoms with E-state index in [1.807, 2.05) is 26.0 Å². The van der Waals surface area contributed by atoms with Gasteiger partial charge in [-0.05, 0) is 51.7 Å². The number of rotatable bonds is 3. The first kappa shape index (κ1) is 14.9. The zero-order valence-corrected chi connectivity index (χ0v) is 13.9. The molecule has 2 heterocycles. The molecule has 2 aliphatic rings. The number of hydrogen-bond donors (Lipinski definition) is 1. The second-order valence-corrected chi connectivity index (χ2v) is 7.92. The van der Waals surface area contributed by atoms with Gasteiger partial charge < -0.3 is 10.2 Å². The highest BCUT2D eigenvalue weighted by Crippen LogP contribution is 2.44. The fourth-order valence-corrected chi connectivity index (χ4v) is 4.23. The lowest BCUT2D eigenvalue weighted by atomic mass is 9.88. The Balaban J connectivity index is 1.94. The van der Waals surface area contributed by atoms with Crippen molar-refractivity contribution in [1.82, 2.24) is 10.2 Å². The van der Waals surface area contributed by atoms with Crippen LogP contribution in [0.5, 0.6) is 0 Å². The van der Waals surface area contributed by atoms with Gasteiger partial charge in [0, 0.05) is 4.88 Å². The van der Waals surface area contributed by atoms with Crippen molar-refractivity contribution >= 4 is 34.8 Å². The third-order valence-corrected chi connectivity index (χ3v) is 6.08. The Bertz CT molecular complexity index is 598. The average molecular weight is 327 g/mol. The maximum absolute atomic E-state index is 13.0. The van der Waals surface area contributed by atoms with Crippen LogP contribution >= 0.6 is 22.9 Å². The third-order valence-electron chi connectivity index (χ3n) is 4.68. The highest BCUT2D eigenvalue weighted by atomic mass is 35.5. The summed E-state index contributed by atoms with van der Waals surface area (Å²) >= 11 is 7.46. The molecule has 3 unspecified atom stereocenters. The molecule has 1 aromatic heterocycles. The van der Waals surface area contributed by atoms with E-state index in [4.69, 9.17) is 11.6 Å². The van der Waals surface area contributed by atoms with Crippen LogP contribution in [0.1, 0.15) is 44.5 Å². The molecule has 114 valence electrons. The number of carbonyl (C=O) groups excluding carboxylic acids is 2. The summed E-state index contributed by atoms with van der Waals surface area (Å²) in [5.41, 5.74) is -0.751. The largest absolute Gasteiger partial charge is 0.340 e. The van der Waals surface area contributed by atoms with Gasteiger partial charge in [-0.15, -0.1) is 11.3 Å². The number of piperazine rings is 1. The lowest BCUT2D eigenvalue weighted by Gasteiger charge is -2.46. The summed E-state index contributed by atoms with van der Waals surface area (Å²) in [6, 6.07) is 3.16. The Morgan fingerprint density at radius 3 is 2.62 bits per heavy atom. The number of hydrogen-bond acceptors (Lipinski definition) is 3. The molecule has 1 aliphatic heterocycles. The Labute approximate surface area is 133 Å². The second-order valence-electron chi connectivity index (χ2n) is 6.17. The SMILES string of the molecule is CC1C(=O)NC(C)(C2CC2)C(=O)N1C(C)c1ccc(Cl)s1. The van der Waals surface area contributed by atoms with Crippen LogP contribution in [-0.4, -0.2) is 28.3 Å². The van der Waals surface area contributed by atoms with Crippen LogP contribution in [0.25, 0.3) is 0 Å². The number of amides is 2. The zero-order valence-electron chi connectivity index (χ0n) is 12.4. The highest BCUT2D eigenvalue weighted by Gasteiger charge is 2.55. The Morgan fingerprint density at radius 1 is 1.43 bits per heavy atom. The molecule has 3 atom stereocenters. The molecule has 0 bridgehead atoms. The first-order chi connectivity index (χ1) is 9.84. The number of thiophene rings is 1. The van der Waals surface area contributed by atoms with Crippen molar-refractivity contribution in [3.8, 4) is 0 Å². The zero-order chi connectivity index (χ0) is 15.4. The molecule has 3 rings (SSSR count). The van der Waals surface area contributed by atoms with Crippen molar-refractivity contribution in [1.29, 1.82) is 0 Å². The molecule has 0 radical (unpaired) electrons. The van der Waals surface area contributed by atoms with Gasteiger partial charge in [-0.3, -0.25) is 9.59 Å². The first-order valence-corrected chi connectivity index (χ1v) is 8.44. The van der Waals surface area contributed by atoms with Gasteiger partial charge in [0.25, 0.3) is 0 Å². The van der Waals surface area contributed by atoms with Crippen molar-refractivity contribution in [2.45, 2.75) is 51.2 Å². The standard InChI is InChI=1S/C15H19ClN2O2S/c1-8(11-6-7-12(16)21-11)18-9(2)13(19)17-15(3,14(18)20)10-4-5-10/h6-10H,4-5H2,1-3H3,(H,17,19). The fourth-order valence-electron chi connectivity index (χ4n) is 3.12. The molecular formula is C15H19ClN2O2S. The van der Waals surface area contributed by atoms with Crippen LogP contribution in [0.15, 0.2) is 12.1 Å². The normalized spacial score (nSPS) is 31.2. The Hall–Kier alpha value is -1.07. The molecule has 0 aromatic carbocycles. The first-order valence-electron chi connectivity index (χ1n) is 7.24. The van der Waals surface area contributed by atoms with Crippen molar-refractivity contribution < 1.29 is 9.59 Å². The average Bonchev–Trinajstić information content (AvgIpc) is 3.20. The van der Waals surface area contributed by atoms with Gasteiger partial charge in [0.1, 0.15) is 11.6 Å². The van der Waals surface area contributed by atoms with E-state index in [2.05, 4.69) is 5.32 Å². The van der Waals surface area contributed by atoms with E-state index in [1.165, 1.54) is 11.3 Å². The summed E-state index contributed by atoms with van der Waals surface area (Å²) in [5.74, 6) is 0.218. The molecule has 2 fully saturated rings. The summed E-state index contributed by atoms with van der Waals surface area (Å²) < 4.78 is 0.698. The second kappa shape index (κ2) is 4.99. The van der Waals surface area contributed by atoms with E-state index in [0.717, 1.165) is 17.7 Å². The molecule has 1 aromatic rings. The molecule has 1 N–H and O–H groups in total. The summed E-state index contributed by atoms with van der Waals surface area (Å²) in [4.78, 5) is 28.0. The van der Waals surface area contributed by atoms with Crippen LogP contribution in [0.4, 0.5) is 0 Å². The molecule has 1 saturated heterocycles. The third kappa shape index (κ3) is 2.36. The fraction of sp³-hybridized carbons (Fsp3) is 0.600. The van der Waals surface area contributed by atoms with Crippen LogP contribution < -0.4 is 5.32 Å². The lowest BCUT2D eigenvalue weighted by molar-refractivity contribution is -0.157. The molecule has 1 saturated carbocycles. The van der Waals surface area contributed by atoms with Crippen LogP contribution in [0.2, 0.25) is 4.34 Å². The van der Waals surface area contributed by atoms with E-state index in [-0.39, 0.29) is 23.8 Å². The van der Waals surface area contributed by atoms with Crippen molar-refractivity contribution in [2.24, 2.45) is 5.92 Å². The van der Waals surface area contributed by atoms with Crippen molar-refractivity contribution in [2.75, 3.05) is 0 Å². The smallest absolute Gasteiger partial charge is 0.249 e. The minimum Gasteiger partial charge on any atom is -0.340 e. The van der Waals surface area contributed by atoms with Gasteiger partial charge >= 0.3 is 0 Å². The topological polar surface area (TPSA) is 49.4 Å². The van der Waals surface area contributed by atoms with Gasteiger partial charge in [0.05, 0.1) is 10.4 Å². The molecule has 21 heavy (non-hydrogen) atoms. The monoisotopic (exact) mass is 326 g/mol. The van der Waals surface area contributed by atoms with E-state index in [0.29, 0.717) is 4.34 Å².